The number of aryl methyl sites for hydroxylation is 2. The van der Waals surface area contributed by atoms with Crippen LogP contribution in [0.25, 0.3) is 0 Å². The van der Waals surface area contributed by atoms with Gasteiger partial charge in [-0.1, -0.05) is 19.1 Å². The van der Waals surface area contributed by atoms with E-state index >= 15 is 0 Å². The van der Waals surface area contributed by atoms with Crippen molar-refractivity contribution in [1.29, 1.82) is 0 Å². The molecule has 23 heavy (non-hydrogen) atoms. The molecule has 0 bridgehead atoms. The lowest BCUT2D eigenvalue weighted by molar-refractivity contribution is -0.141. The summed E-state index contributed by atoms with van der Waals surface area (Å²) < 4.78 is 32.4. The Balaban J connectivity index is 2.14. The lowest BCUT2D eigenvalue weighted by Crippen LogP contribution is -2.14. The predicted molar refractivity (Wildman–Crippen MR) is 85.9 cm³/mol. The van der Waals surface area contributed by atoms with Crippen molar-refractivity contribution in [3.63, 3.8) is 0 Å². The van der Waals surface area contributed by atoms with Crippen LogP contribution in [0.3, 0.4) is 0 Å². The van der Waals surface area contributed by atoms with E-state index in [0.29, 0.717) is 23.6 Å². The second-order valence-corrected chi connectivity index (χ2v) is 7.17. The quantitative estimate of drug-likeness (QED) is 0.845. The fourth-order valence-corrected chi connectivity index (χ4v) is 3.53. The molecule has 0 amide bonds. The van der Waals surface area contributed by atoms with E-state index in [4.69, 9.17) is 9.52 Å². The van der Waals surface area contributed by atoms with Crippen LogP contribution in [0.5, 0.6) is 0 Å². The highest BCUT2D eigenvalue weighted by atomic mass is 32.2. The molecule has 1 aromatic carbocycles. The number of carboxylic acid groups (broad SMARTS) is 1. The molecule has 2 rings (SSSR count). The third-order valence-corrected chi connectivity index (χ3v) is 4.94. The average Bonchev–Trinajstić information content (AvgIpc) is 2.80. The van der Waals surface area contributed by atoms with Crippen molar-refractivity contribution in [3.05, 3.63) is 47.4 Å². The summed E-state index contributed by atoms with van der Waals surface area (Å²) in [6.45, 7) is 4.91. The van der Waals surface area contributed by atoms with E-state index in [9.17, 15) is 13.2 Å². The summed E-state index contributed by atoms with van der Waals surface area (Å²) in [5.74, 6) is -0.488. The maximum Gasteiger partial charge on any atom is 0.306 e. The zero-order valence-corrected chi connectivity index (χ0v) is 14.0. The minimum Gasteiger partial charge on any atom is -0.481 e. The monoisotopic (exact) mass is 337 g/mol. The van der Waals surface area contributed by atoms with E-state index in [1.54, 1.807) is 45.0 Å². The van der Waals surface area contributed by atoms with Crippen molar-refractivity contribution in [2.45, 2.75) is 32.1 Å². The molecule has 0 aliphatic heterocycles. The second-order valence-electron chi connectivity index (χ2n) is 5.52. The predicted octanol–water partition coefficient (Wildman–Crippen LogP) is 2.96. The first kappa shape index (κ1) is 17.1. The minimum absolute atomic E-state index is 0.110. The number of furan rings is 1. The lowest BCUT2D eigenvalue weighted by Gasteiger charge is -2.09. The molecule has 2 N–H and O–H groups in total. The van der Waals surface area contributed by atoms with Crippen LogP contribution in [0.4, 0.5) is 5.69 Å². The van der Waals surface area contributed by atoms with Crippen molar-refractivity contribution >= 4 is 21.7 Å². The van der Waals surface area contributed by atoms with E-state index in [-0.39, 0.29) is 4.90 Å². The molecule has 1 aromatic heterocycles. The summed E-state index contributed by atoms with van der Waals surface area (Å²) in [6.07, 6.45) is 0.391. The Morgan fingerprint density at radius 3 is 2.35 bits per heavy atom. The van der Waals surface area contributed by atoms with Gasteiger partial charge in [0.1, 0.15) is 16.4 Å². The molecule has 1 heterocycles. The Kier molecular flexibility index (Phi) is 4.79. The average molecular weight is 337 g/mol. The first-order chi connectivity index (χ1) is 10.7. The molecule has 6 nitrogen and oxygen atoms in total. The maximum absolute atomic E-state index is 12.3. The number of carboxylic acids is 1. The third kappa shape index (κ3) is 4.13. The van der Waals surface area contributed by atoms with Gasteiger partial charge in [0.25, 0.3) is 10.0 Å². The van der Waals surface area contributed by atoms with Crippen LogP contribution < -0.4 is 4.72 Å². The largest absolute Gasteiger partial charge is 0.481 e. The zero-order valence-electron chi connectivity index (χ0n) is 13.2. The molecule has 0 radical (unpaired) electrons. The van der Waals surface area contributed by atoms with Gasteiger partial charge in [0.2, 0.25) is 0 Å². The van der Waals surface area contributed by atoms with Crippen molar-refractivity contribution in [2.75, 3.05) is 4.72 Å². The highest BCUT2D eigenvalue weighted by molar-refractivity contribution is 7.92. The van der Waals surface area contributed by atoms with E-state index in [1.807, 2.05) is 0 Å². The van der Waals surface area contributed by atoms with Crippen molar-refractivity contribution in [1.82, 2.24) is 0 Å². The van der Waals surface area contributed by atoms with Crippen LogP contribution in [0.2, 0.25) is 0 Å². The van der Waals surface area contributed by atoms with Crippen molar-refractivity contribution < 1.29 is 22.7 Å². The van der Waals surface area contributed by atoms with Crippen molar-refractivity contribution in [2.24, 2.45) is 5.92 Å². The van der Waals surface area contributed by atoms with Crippen LogP contribution in [0, 0.1) is 19.8 Å². The Bertz CT molecular complexity index is 805. The van der Waals surface area contributed by atoms with Crippen LogP contribution in [0.15, 0.2) is 39.6 Å². The van der Waals surface area contributed by atoms with Crippen LogP contribution in [-0.2, 0) is 21.2 Å². The Labute approximate surface area is 135 Å². The number of sulfonamides is 1. The summed E-state index contributed by atoms with van der Waals surface area (Å²) in [5.41, 5.74) is 1.24. The van der Waals surface area contributed by atoms with Gasteiger partial charge >= 0.3 is 5.97 Å². The highest BCUT2D eigenvalue weighted by Crippen LogP contribution is 2.23. The third-order valence-electron chi connectivity index (χ3n) is 3.45. The minimum atomic E-state index is -3.71. The van der Waals surface area contributed by atoms with E-state index in [0.717, 1.165) is 5.56 Å². The highest BCUT2D eigenvalue weighted by Gasteiger charge is 2.20. The van der Waals surface area contributed by atoms with Gasteiger partial charge < -0.3 is 9.52 Å². The maximum atomic E-state index is 12.3. The Hall–Kier alpha value is -2.28. The SMILES string of the molecule is Cc1cc(S(=O)(=O)Nc2ccc(CC(C)C(=O)O)cc2)c(C)o1. The van der Waals surface area contributed by atoms with Crippen molar-refractivity contribution in [3.8, 4) is 0 Å². The summed E-state index contributed by atoms with van der Waals surface area (Å²) in [7, 11) is -3.71. The van der Waals surface area contributed by atoms with E-state index < -0.39 is 21.9 Å². The van der Waals surface area contributed by atoms with Crippen LogP contribution in [-0.4, -0.2) is 19.5 Å². The topological polar surface area (TPSA) is 96.6 Å². The number of carbonyl (C=O) groups is 1. The molecule has 2 aromatic rings. The van der Waals surface area contributed by atoms with Gasteiger partial charge in [-0.3, -0.25) is 9.52 Å². The smallest absolute Gasteiger partial charge is 0.306 e. The number of nitrogens with one attached hydrogen (secondary N) is 1. The molecule has 7 heteroatoms. The summed E-state index contributed by atoms with van der Waals surface area (Å²) in [6, 6.07) is 8.13. The molecule has 124 valence electrons. The number of anilines is 1. The van der Waals surface area contributed by atoms with E-state index in [2.05, 4.69) is 4.72 Å². The first-order valence-corrected chi connectivity index (χ1v) is 8.59. The molecule has 0 saturated heterocycles. The number of hydrogen-bond acceptors (Lipinski definition) is 4. The molecular formula is C16H19NO5S. The Morgan fingerprint density at radius 1 is 1.26 bits per heavy atom. The molecule has 0 fully saturated rings. The van der Waals surface area contributed by atoms with Gasteiger partial charge in [-0.25, -0.2) is 8.42 Å². The van der Waals surface area contributed by atoms with Crippen LogP contribution in [0.1, 0.15) is 24.0 Å². The normalized spacial score (nSPS) is 12.8. The van der Waals surface area contributed by atoms with Gasteiger partial charge in [0.05, 0.1) is 5.92 Å². The standard InChI is InChI=1S/C16H19NO5S/c1-10(16(18)19)8-13-4-6-14(7-5-13)17-23(20,21)15-9-11(2)22-12(15)3/h4-7,9-10,17H,8H2,1-3H3,(H,18,19). The number of rotatable bonds is 6. The lowest BCUT2D eigenvalue weighted by atomic mass is 10.0. The summed E-state index contributed by atoms with van der Waals surface area (Å²) in [4.78, 5) is 11.0. The second kappa shape index (κ2) is 6.45. The van der Waals surface area contributed by atoms with Gasteiger partial charge in [0.15, 0.2) is 0 Å². The molecule has 0 spiro atoms. The van der Waals surface area contributed by atoms with Gasteiger partial charge in [-0.05, 0) is 38.0 Å². The molecule has 0 aliphatic carbocycles. The summed E-state index contributed by atoms with van der Waals surface area (Å²) >= 11 is 0. The molecule has 0 saturated carbocycles. The van der Waals surface area contributed by atoms with Crippen LogP contribution >= 0.6 is 0 Å². The number of benzene rings is 1. The fraction of sp³-hybridized carbons (Fsp3) is 0.312. The molecule has 1 atom stereocenters. The molecule has 1 unspecified atom stereocenters. The van der Waals surface area contributed by atoms with E-state index in [1.165, 1.54) is 6.07 Å². The Morgan fingerprint density at radius 2 is 1.87 bits per heavy atom. The first-order valence-electron chi connectivity index (χ1n) is 7.10. The number of aliphatic carboxylic acids is 1. The van der Waals surface area contributed by atoms with Gasteiger partial charge in [-0.2, -0.15) is 0 Å². The molecular weight excluding hydrogens is 318 g/mol. The summed E-state index contributed by atoms with van der Waals surface area (Å²) in [5, 5.41) is 8.90. The van der Waals surface area contributed by atoms with Gasteiger partial charge in [-0.15, -0.1) is 0 Å². The fourth-order valence-electron chi connectivity index (χ4n) is 2.23. The number of hydrogen-bond donors (Lipinski definition) is 2. The molecule has 0 aliphatic rings. The zero-order chi connectivity index (χ0) is 17.2. The van der Waals surface area contributed by atoms with Gasteiger partial charge in [0, 0.05) is 11.8 Å².